The zero-order valence-corrected chi connectivity index (χ0v) is 16.4. The monoisotopic (exact) mass is 390 g/mol. The Balaban J connectivity index is 1.46. The zero-order valence-electron chi connectivity index (χ0n) is 16.4. The number of aliphatic hydroxyl groups excluding tert-OH is 1. The van der Waals surface area contributed by atoms with Crippen LogP contribution in [0.4, 0.5) is 0 Å². The van der Waals surface area contributed by atoms with E-state index in [1.807, 2.05) is 17.0 Å². The molecule has 2 fully saturated rings. The highest BCUT2D eigenvalue weighted by Gasteiger charge is 2.33. The molecule has 154 valence electrons. The van der Waals surface area contributed by atoms with Gasteiger partial charge in [-0.3, -0.25) is 14.6 Å². The van der Waals surface area contributed by atoms with Crippen molar-refractivity contribution in [2.75, 3.05) is 39.8 Å². The van der Waals surface area contributed by atoms with E-state index in [0.717, 1.165) is 26.2 Å². The number of rotatable bonds is 6. The number of hydrogen-bond donors (Lipinski definition) is 2. The first kappa shape index (κ1) is 20.7. The van der Waals surface area contributed by atoms with Gasteiger partial charge in [-0.2, -0.15) is 0 Å². The molecule has 0 spiro atoms. The molecule has 2 N–H and O–H groups in total. The van der Waals surface area contributed by atoms with Crippen molar-refractivity contribution in [2.24, 2.45) is 0 Å². The average Bonchev–Trinajstić information content (AvgIpc) is 2.70. The Bertz CT molecular complexity index is 649. The minimum absolute atomic E-state index is 0.104. The molecule has 2 amide bonds. The Morgan fingerprint density at radius 3 is 2.71 bits per heavy atom. The summed E-state index contributed by atoms with van der Waals surface area (Å²) >= 11 is 0. The average molecular weight is 390 g/mol. The van der Waals surface area contributed by atoms with Gasteiger partial charge in [-0.15, -0.1) is 0 Å². The van der Waals surface area contributed by atoms with Gasteiger partial charge < -0.3 is 25.0 Å². The van der Waals surface area contributed by atoms with E-state index in [1.165, 1.54) is 0 Å². The lowest BCUT2D eigenvalue weighted by molar-refractivity contribution is -0.143. The van der Waals surface area contributed by atoms with Gasteiger partial charge in [-0.1, -0.05) is 6.07 Å². The maximum atomic E-state index is 12.5. The van der Waals surface area contributed by atoms with Gasteiger partial charge in [0, 0.05) is 38.1 Å². The highest BCUT2D eigenvalue weighted by Crippen LogP contribution is 2.23. The van der Waals surface area contributed by atoms with Crippen molar-refractivity contribution in [1.29, 1.82) is 0 Å². The highest BCUT2D eigenvalue weighted by molar-refractivity contribution is 5.78. The van der Waals surface area contributed by atoms with Crippen LogP contribution in [0.3, 0.4) is 0 Å². The quantitative estimate of drug-likeness (QED) is 0.699. The second-order valence-corrected chi connectivity index (χ2v) is 7.62. The molecule has 0 aliphatic carbocycles. The lowest BCUT2D eigenvalue weighted by Crippen LogP contribution is -2.52. The third-order valence-corrected chi connectivity index (χ3v) is 5.47. The van der Waals surface area contributed by atoms with E-state index in [1.54, 1.807) is 12.3 Å². The minimum Gasteiger partial charge on any atom is -0.394 e. The molecule has 3 heterocycles. The Morgan fingerprint density at radius 2 is 2.04 bits per heavy atom. The molecule has 2 saturated heterocycles. The molecular weight excluding hydrogens is 360 g/mol. The summed E-state index contributed by atoms with van der Waals surface area (Å²) in [7, 11) is 2.06. The Morgan fingerprint density at radius 1 is 1.25 bits per heavy atom. The first-order valence-corrected chi connectivity index (χ1v) is 9.97. The second-order valence-electron chi connectivity index (χ2n) is 7.62. The first-order valence-electron chi connectivity index (χ1n) is 9.97. The zero-order chi connectivity index (χ0) is 19.9. The SMILES string of the molecule is CN1CCN(C(=O)C[C@@H]2CC[C@@H](NC(=O)Cc3ccccn3)[C@@H](CO)O2)CC1. The van der Waals surface area contributed by atoms with Crippen LogP contribution in [0.25, 0.3) is 0 Å². The van der Waals surface area contributed by atoms with Crippen molar-refractivity contribution in [3.63, 3.8) is 0 Å². The number of piperazine rings is 1. The largest absolute Gasteiger partial charge is 0.394 e. The number of hydrogen-bond acceptors (Lipinski definition) is 6. The number of nitrogens with one attached hydrogen (secondary N) is 1. The Labute approximate surface area is 165 Å². The van der Waals surface area contributed by atoms with Crippen molar-refractivity contribution in [2.45, 2.75) is 43.9 Å². The number of amides is 2. The second kappa shape index (κ2) is 9.95. The fourth-order valence-corrected chi connectivity index (χ4v) is 3.75. The maximum Gasteiger partial charge on any atom is 0.226 e. The maximum absolute atomic E-state index is 12.5. The van der Waals surface area contributed by atoms with Crippen molar-refractivity contribution in [3.8, 4) is 0 Å². The summed E-state index contributed by atoms with van der Waals surface area (Å²) in [5.74, 6) is -0.0369. The van der Waals surface area contributed by atoms with Crippen LogP contribution >= 0.6 is 0 Å². The van der Waals surface area contributed by atoms with Gasteiger partial charge in [-0.25, -0.2) is 0 Å². The number of aliphatic hydroxyl groups is 1. The highest BCUT2D eigenvalue weighted by atomic mass is 16.5. The fraction of sp³-hybridized carbons (Fsp3) is 0.650. The summed E-state index contributed by atoms with van der Waals surface area (Å²) in [6, 6.07) is 5.20. The van der Waals surface area contributed by atoms with E-state index < -0.39 is 6.10 Å². The number of carbonyl (C=O) groups is 2. The molecule has 0 saturated carbocycles. The van der Waals surface area contributed by atoms with Crippen molar-refractivity contribution in [1.82, 2.24) is 20.1 Å². The van der Waals surface area contributed by atoms with Gasteiger partial charge in [0.15, 0.2) is 0 Å². The summed E-state index contributed by atoms with van der Waals surface area (Å²) in [5.41, 5.74) is 0.702. The van der Waals surface area contributed by atoms with Crippen LogP contribution in [0.2, 0.25) is 0 Å². The predicted octanol–water partition coefficient (Wildman–Crippen LogP) is -0.187. The van der Waals surface area contributed by atoms with Gasteiger partial charge in [0.05, 0.1) is 31.6 Å². The molecule has 1 aromatic heterocycles. The fourth-order valence-electron chi connectivity index (χ4n) is 3.75. The minimum atomic E-state index is -0.494. The van der Waals surface area contributed by atoms with Crippen LogP contribution in [0, 0.1) is 0 Å². The van der Waals surface area contributed by atoms with Crippen LogP contribution in [0.1, 0.15) is 25.0 Å². The van der Waals surface area contributed by atoms with Crippen molar-refractivity contribution < 1.29 is 19.4 Å². The smallest absolute Gasteiger partial charge is 0.226 e. The summed E-state index contributed by atoms with van der Waals surface area (Å²) in [5, 5.41) is 12.7. The molecule has 1 aromatic rings. The first-order chi connectivity index (χ1) is 13.5. The number of carbonyl (C=O) groups excluding carboxylic acids is 2. The lowest BCUT2D eigenvalue weighted by atomic mass is 9.96. The summed E-state index contributed by atoms with van der Waals surface area (Å²) in [6.07, 6.45) is 2.84. The molecule has 0 radical (unpaired) electrons. The summed E-state index contributed by atoms with van der Waals surface area (Å²) in [6.45, 7) is 3.09. The molecule has 8 heteroatoms. The van der Waals surface area contributed by atoms with E-state index in [4.69, 9.17) is 4.74 Å². The molecule has 28 heavy (non-hydrogen) atoms. The Hall–Kier alpha value is -2.03. The lowest BCUT2D eigenvalue weighted by Gasteiger charge is -2.37. The van der Waals surface area contributed by atoms with E-state index in [-0.39, 0.29) is 37.0 Å². The normalized spacial score (nSPS) is 26.1. The van der Waals surface area contributed by atoms with Gasteiger partial charge >= 0.3 is 0 Å². The van der Waals surface area contributed by atoms with E-state index in [0.29, 0.717) is 25.0 Å². The van der Waals surface area contributed by atoms with Crippen LogP contribution in [-0.2, 0) is 20.7 Å². The number of pyridine rings is 1. The van der Waals surface area contributed by atoms with Crippen LogP contribution in [-0.4, -0.2) is 89.8 Å². The molecule has 0 aromatic carbocycles. The molecule has 2 aliphatic heterocycles. The molecular formula is C20H30N4O4. The standard InChI is InChI=1S/C20H30N4O4/c1-23-8-10-24(11-9-23)20(27)13-16-5-6-17(18(14-25)28-16)22-19(26)12-15-4-2-3-7-21-15/h2-4,7,16-18,25H,5-6,8-14H2,1H3,(H,22,26)/t16-,17+,18+/m0/s1. The van der Waals surface area contributed by atoms with Crippen LogP contribution in [0.15, 0.2) is 24.4 Å². The van der Waals surface area contributed by atoms with E-state index in [9.17, 15) is 14.7 Å². The third kappa shape index (κ3) is 5.73. The van der Waals surface area contributed by atoms with E-state index >= 15 is 0 Å². The van der Waals surface area contributed by atoms with Crippen molar-refractivity contribution >= 4 is 11.8 Å². The van der Waals surface area contributed by atoms with Gasteiger partial charge in [0.25, 0.3) is 0 Å². The molecule has 0 unspecified atom stereocenters. The summed E-state index contributed by atoms with van der Waals surface area (Å²) < 4.78 is 5.94. The number of aromatic nitrogens is 1. The van der Waals surface area contributed by atoms with Crippen LogP contribution in [0.5, 0.6) is 0 Å². The van der Waals surface area contributed by atoms with Gasteiger partial charge in [-0.05, 0) is 32.0 Å². The summed E-state index contributed by atoms with van der Waals surface area (Å²) in [4.78, 5) is 33.1. The predicted molar refractivity (Wildman–Crippen MR) is 104 cm³/mol. The third-order valence-electron chi connectivity index (χ3n) is 5.47. The van der Waals surface area contributed by atoms with E-state index in [2.05, 4.69) is 22.2 Å². The van der Waals surface area contributed by atoms with Gasteiger partial charge in [0.1, 0.15) is 6.10 Å². The van der Waals surface area contributed by atoms with Crippen molar-refractivity contribution in [3.05, 3.63) is 30.1 Å². The molecule has 0 bridgehead atoms. The molecule has 3 atom stereocenters. The molecule has 3 rings (SSSR count). The number of ether oxygens (including phenoxy) is 1. The Kier molecular flexibility index (Phi) is 7.36. The van der Waals surface area contributed by atoms with Gasteiger partial charge in [0.2, 0.25) is 11.8 Å². The number of nitrogens with zero attached hydrogens (tertiary/aromatic N) is 3. The molecule has 2 aliphatic rings. The number of likely N-dealkylation sites (N-methyl/N-ethyl adjacent to an activating group) is 1. The van der Waals surface area contributed by atoms with Crippen LogP contribution < -0.4 is 5.32 Å². The topological polar surface area (TPSA) is 95.0 Å². The molecule has 8 nitrogen and oxygen atoms in total.